The molecule has 8 heteroatoms. The highest BCUT2D eigenvalue weighted by Gasteiger charge is 2.34. The van der Waals surface area contributed by atoms with Gasteiger partial charge in [0, 0.05) is 24.6 Å². The molecule has 2 aromatic carbocycles. The minimum absolute atomic E-state index is 0.112. The summed E-state index contributed by atoms with van der Waals surface area (Å²) in [5.41, 5.74) is 3.49. The van der Waals surface area contributed by atoms with Crippen molar-refractivity contribution < 1.29 is 23.9 Å². The number of benzene rings is 2. The van der Waals surface area contributed by atoms with Crippen molar-refractivity contribution in [1.29, 1.82) is 0 Å². The number of esters is 1. The molecule has 0 saturated carbocycles. The summed E-state index contributed by atoms with van der Waals surface area (Å²) in [6.45, 7) is 12.7. The van der Waals surface area contributed by atoms with Crippen LogP contribution in [-0.4, -0.2) is 34.2 Å². The summed E-state index contributed by atoms with van der Waals surface area (Å²) in [5.74, 6) is -2.01. The van der Waals surface area contributed by atoms with E-state index in [1.165, 1.54) is 11.8 Å². The first-order valence-electron chi connectivity index (χ1n) is 13.0. The van der Waals surface area contributed by atoms with Crippen LogP contribution in [0.1, 0.15) is 56.0 Å². The van der Waals surface area contributed by atoms with Crippen molar-refractivity contribution in [3.63, 3.8) is 0 Å². The minimum atomic E-state index is -0.807. The standard InChI is InChI=1S/C32H33N3O5/c1-20(31(39)40-32(4,5)18-23-10-7-6-8-11-23)33-29(37)21(2)35-19-28-26(12-9-13-27(28)30(35)38)24-14-16-25(17-15-24)34-22(3)36/h7,9-17H,1-2,6,8,18-19H2,3-5H3,(H,33,37)(H,34,36). The van der Waals surface area contributed by atoms with E-state index in [9.17, 15) is 19.2 Å². The highest BCUT2D eigenvalue weighted by atomic mass is 16.6. The number of carbonyl (C=O) groups is 4. The van der Waals surface area contributed by atoms with E-state index >= 15 is 0 Å². The van der Waals surface area contributed by atoms with Gasteiger partial charge in [-0.3, -0.25) is 19.3 Å². The quantitative estimate of drug-likeness (QED) is 0.328. The summed E-state index contributed by atoms with van der Waals surface area (Å²) in [5, 5.41) is 5.16. The molecule has 3 amide bonds. The van der Waals surface area contributed by atoms with Crippen molar-refractivity contribution >= 4 is 29.4 Å². The van der Waals surface area contributed by atoms with Gasteiger partial charge in [0.1, 0.15) is 17.0 Å². The fourth-order valence-corrected chi connectivity index (χ4v) is 4.78. The van der Waals surface area contributed by atoms with Crippen LogP contribution in [0.5, 0.6) is 0 Å². The van der Waals surface area contributed by atoms with Gasteiger partial charge >= 0.3 is 5.97 Å². The van der Waals surface area contributed by atoms with Gasteiger partial charge in [-0.2, -0.15) is 0 Å². The molecule has 0 radical (unpaired) electrons. The summed E-state index contributed by atoms with van der Waals surface area (Å²) in [7, 11) is 0. The Labute approximate surface area is 234 Å². The Kier molecular flexibility index (Phi) is 8.18. The number of anilines is 1. The van der Waals surface area contributed by atoms with Crippen molar-refractivity contribution in [3.8, 4) is 11.1 Å². The number of nitrogens with one attached hydrogen (secondary N) is 2. The number of nitrogens with zero attached hydrogens (tertiary/aromatic N) is 1. The van der Waals surface area contributed by atoms with Gasteiger partial charge in [0.2, 0.25) is 5.91 Å². The van der Waals surface area contributed by atoms with Crippen LogP contribution in [0, 0.1) is 0 Å². The number of rotatable bonds is 9. The Morgan fingerprint density at radius 3 is 2.38 bits per heavy atom. The molecule has 1 aliphatic carbocycles. The van der Waals surface area contributed by atoms with Gasteiger partial charge in [-0.25, -0.2) is 4.79 Å². The summed E-state index contributed by atoms with van der Waals surface area (Å²) in [6.07, 6.45) is 8.71. The third-order valence-electron chi connectivity index (χ3n) is 6.65. The average Bonchev–Trinajstić information content (AvgIpc) is 3.24. The number of allylic oxidation sites excluding steroid dienone is 3. The van der Waals surface area contributed by atoms with E-state index in [2.05, 4.69) is 35.9 Å². The zero-order chi connectivity index (χ0) is 29.0. The van der Waals surface area contributed by atoms with Gasteiger partial charge in [-0.1, -0.05) is 55.7 Å². The molecular formula is C32H33N3O5. The SMILES string of the molecule is C=C(NC(=O)C(=C)N1Cc2c(cccc2-c2ccc(NC(C)=O)cc2)C1=O)C(=O)OC(C)(C)CC1=CCCC=C1. The maximum Gasteiger partial charge on any atom is 0.354 e. The lowest BCUT2D eigenvalue weighted by atomic mass is 9.94. The van der Waals surface area contributed by atoms with Gasteiger partial charge in [0.25, 0.3) is 11.8 Å². The molecule has 2 aliphatic rings. The summed E-state index contributed by atoms with van der Waals surface area (Å²) < 4.78 is 5.61. The van der Waals surface area contributed by atoms with Gasteiger partial charge in [-0.15, -0.1) is 0 Å². The van der Waals surface area contributed by atoms with Crippen LogP contribution in [0.4, 0.5) is 5.69 Å². The monoisotopic (exact) mass is 539 g/mol. The lowest BCUT2D eigenvalue weighted by molar-refractivity contribution is -0.152. The van der Waals surface area contributed by atoms with E-state index in [0.717, 1.165) is 35.1 Å². The van der Waals surface area contributed by atoms with Crippen LogP contribution >= 0.6 is 0 Å². The van der Waals surface area contributed by atoms with Gasteiger partial charge in [0.15, 0.2) is 0 Å². The maximum atomic E-state index is 13.2. The molecule has 0 spiro atoms. The first kappa shape index (κ1) is 28.3. The van der Waals surface area contributed by atoms with Crippen molar-refractivity contribution in [2.45, 2.75) is 52.2 Å². The van der Waals surface area contributed by atoms with Crippen LogP contribution < -0.4 is 10.6 Å². The Hall–Kier alpha value is -4.72. The molecule has 0 unspecified atom stereocenters. The Morgan fingerprint density at radius 1 is 1.02 bits per heavy atom. The normalized spacial score (nSPS) is 14.2. The molecule has 2 N–H and O–H groups in total. The predicted molar refractivity (Wildman–Crippen MR) is 154 cm³/mol. The number of hydrogen-bond donors (Lipinski definition) is 2. The largest absolute Gasteiger partial charge is 0.455 e. The minimum Gasteiger partial charge on any atom is -0.455 e. The molecule has 8 nitrogen and oxygen atoms in total. The van der Waals surface area contributed by atoms with Crippen LogP contribution in [0.2, 0.25) is 0 Å². The summed E-state index contributed by atoms with van der Waals surface area (Å²) in [6, 6.07) is 12.6. The van der Waals surface area contributed by atoms with Crippen molar-refractivity contribution in [1.82, 2.24) is 10.2 Å². The van der Waals surface area contributed by atoms with E-state index in [1.807, 2.05) is 24.3 Å². The molecule has 40 heavy (non-hydrogen) atoms. The predicted octanol–water partition coefficient (Wildman–Crippen LogP) is 5.40. The summed E-state index contributed by atoms with van der Waals surface area (Å²) >= 11 is 0. The number of carbonyl (C=O) groups excluding carboxylic acids is 4. The molecule has 4 rings (SSSR count). The molecule has 2 aromatic rings. The molecule has 0 saturated heterocycles. The van der Waals surface area contributed by atoms with E-state index in [-0.39, 0.29) is 29.8 Å². The molecule has 0 bridgehead atoms. The molecule has 206 valence electrons. The lowest BCUT2D eigenvalue weighted by Gasteiger charge is -2.27. The fourth-order valence-electron chi connectivity index (χ4n) is 4.78. The molecule has 0 fully saturated rings. The highest BCUT2D eigenvalue weighted by Crippen LogP contribution is 2.34. The Balaban J connectivity index is 1.41. The average molecular weight is 540 g/mol. The number of fused-ring (bicyclic) bond motifs is 1. The van der Waals surface area contributed by atoms with E-state index in [1.54, 1.807) is 38.1 Å². The number of ether oxygens (including phenoxy) is 1. The molecule has 0 atom stereocenters. The lowest BCUT2D eigenvalue weighted by Crippen LogP contribution is -2.38. The zero-order valence-corrected chi connectivity index (χ0v) is 23.0. The van der Waals surface area contributed by atoms with Crippen LogP contribution in [0.3, 0.4) is 0 Å². The van der Waals surface area contributed by atoms with Crippen LogP contribution in [0.25, 0.3) is 11.1 Å². The number of amides is 3. The van der Waals surface area contributed by atoms with Gasteiger partial charge < -0.3 is 15.4 Å². The molecular weight excluding hydrogens is 506 g/mol. The first-order chi connectivity index (χ1) is 18.9. The Bertz CT molecular complexity index is 1460. The Morgan fingerprint density at radius 2 is 1.73 bits per heavy atom. The second-order valence-electron chi connectivity index (χ2n) is 10.4. The highest BCUT2D eigenvalue weighted by molar-refractivity contribution is 6.08. The zero-order valence-electron chi connectivity index (χ0n) is 23.0. The van der Waals surface area contributed by atoms with Crippen molar-refractivity contribution in [2.24, 2.45) is 0 Å². The van der Waals surface area contributed by atoms with Crippen LogP contribution in [0.15, 0.2) is 90.8 Å². The second kappa shape index (κ2) is 11.6. The van der Waals surface area contributed by atoms with Crippen molar-refractivity contribution in [3.05, 3.63) is 102 Å². The van der Waals surface area contributed by atoms with E-state index in [0.29, 0.717) is 17.7 Å². The third-order valence-corrected chi connectivity index (χ3v) is 6.65. The smallest absolute Gasteiger partial charge is 0.354 e. The first-order valence-corrected chi connectivity index (χ1v) is 13.0. The van der Waals surface area contributed by atoms with E-state index < -0.39 is 17.5 Å². The van der Waals surface area contributed by atoms with Crippen LogP contribution in [-0.2, 0) is 25.7 Å². The van der Waals surface area contributed by atoms with E-state index in [4.69, 9.17) is 4.74 Å². The summed E-state index contributed by atoms with van der Waals surface area (Å²) in [4.78, 5) is 51.5. The maximum absolute atomic E-state index is 13.2. The molecule has 1 aliphatic heterocycles. The number of hydrogen-bond acceptors (Lipinski definition) is 5. The van der Waals surface area contributed by atoms with Crippen molar-refractivity contribution in [2.75, 3.05) is 5.32 Å². The fraction of sp³-hybridized carbons (Fsp3) is 0.250. The van der Waals surface area contributed by atoms with Gasteiger partial charge in [0.05, 0.1) is 6.54 Å². The van der Waals surface area contributed by atoms with Gasteiger partial charge in [-0.05, 0) is 67.2 Å². The third kappa shape index (κ3) is 6.46. The molecule has 1 heterocycles. The topological polar surface area (TPSA) is 105 Å². The molecule has 0 aromatic heterocycles. The second-order valence-corrected chi connectivity index (χ2v) is 10.4.